The highest BCUT2D eigenvalue weighted by molar-refractivity contribution is 7.90. The third kappa shape index (κ3) is 4.30. The first kappa shape index (κ1) is 16.0. The van der Waals surface area contributed by atoms with Crippen molar-refractivity contribution in [3.63, 3.8) is 0 Å². The van der Waals surface area contributed by atoms with Gasteiger partial charge in [0, 0.05) is 11.4 Å². The molecule has 112 valence electrons. The second kappa shape index (κ2) is 6.60. The molecule has 0 radical (unpaired) electrons. The number of hydrogen-bond donors (Lipinski definition) is 1. The molecule has 2 atom stereocenters. The van der Waals surface area contributed by atoms with E-state index < -0.39 is 11.4 Å². The molecule has 2 aromatic carbocycles. The second-order valence-electron chi connectivity index (χ2n) is 5.89. The van der Waals surface area contributed by atoms with Crippen molar-refractivity contribution in [3.8, 4) is 0 Å². The van der Waals surface area contributed by atoms with Crippen LogP contribution in [0.25, 0.3) is 0 Å². The first-order chi connectivity index (χ1) is 9.88. The lowest BCUT2D eigenvalue weighted by atomic mass is 10.00. The zero-order valence-electron chi connectivity index (χ0n) is 12.5. The third-order valence-corrected chi connectivity index (χ3v) is 4.68. The Morgan fingerprint density at radius 2 is 1.48 bits per heavy atom. The van der Waals surface area contributed by atoms with E-state index >= 15 is 0 Å². The van der Waals surface area contributed by atoms with Gasteiger partial charge in [0.15, 0.2) is 0 Å². The lowest BCUT2D eigenvalue weighted by molar-refractivity contribution is 0.535. The topological polar surface area (TPSA) is 35.1 Å². The Morgan fingerprint density at radius 1 is 0.952 bits per heavy atom. The summed E-state index contributed by atoms with van der Waals surface area (Å²) >= 11 is -1.22. The molecule has 0 saturated heterocycles. The van der Waals surface area contributed by atoms with Gasteiger partial charge < -0.3 is 4.55 Å². The van der Waals surface area contributed by atoms with Crippen LogP contribution >= 0.6 is 0 Å². The van der Waals surface area contributed by atoms with Crippen LogP contribution in [0, 0.1) is 5.82 Å². The van der Waals surface area contributed by atoms with Crippen molar-refractivity contribution in [2.24, 2.45) is 0 Å². The summed E-state index contributed by atoms with van der Waals surface area (Å²) in [7, 11) is 0. The minimum Gasteiger partial charge on any atom is -0.598 e. The van der Waals surface area contributed by atoms with Gasteiger partial charge in [-0.15, -0.1) is 4.72 Å². The number of rotatable bonds is 4. The molecule has 2 nitrogen and oxygen atoms in total. The van der Waals surface area contributed by atoms with E-state index in [-0.39, 0.29) is 16.6 Å². The molecule has 1 unspecified atom stereocenters. The normalized spacial score (nSPS) is 14.7. The zero-order chi connectivity index (χ0) is 15.5. The van der Waals surface area contributed by atoms with E-state index in [1.54, 1.807) is 12.1 Å². The Balaban J connectivity index is 2.33. The third-order valence-electron chi connectivity index (χ3n) is 3.12. The van der Waals surface area contributed by atoms with Gasteiger partial charge in [0.1, 0.15) is 16.6 Å². The predicted octanol–water partition coefficient (Wildman–Crippen LogP) is 3.97. The number of hydrogen-bond acceptors (Lipinski definition) is 2. The van der Waals surface area contributed by atoms with Crippen LogP contribution < -0.4 is 4.72 Å². The largest absolute Gasteiger partial charge is 0.598 e. The maximum absolute atomic E-state index is 13.1. The van der Waals surface area contributed by atoms with Crippen molar-refractivity contribution < 1.29 is 8.94 Å². The first-order valence-electron chi connectivity index (χ1n) is 6.86. The van der Waals surface area contributed by atoms with E-state index in [2.05, 4.69) is 4.72 Å². The highest BCUT2D eigenvalue weighted by atomic mass is 32.2. The van der Waals surface area contributed by atoms with Crippen LogP contribution in [0.15, 0.2) is 54.6 Å². The quantitative estimate of drug-likeness (QED) is 0.868. The van der Waals surface area contributed by atoms with E-state index in [0.29, 0.717) is 0 Å². The fraction of sp³-hybridized carbons (Fsp3) is 0.294. The molecule has 2 aromatic rings. The average Bonchev–Trinajstić information content (AvgIpc) is 2.45. The molecule has 0 aliphatic rings. The van der Waals surface area contributed by atoms with E-state index in [9.17, 15) is 8.94 Å². The summed E-state index contributed by atoms with van der Waals surface area (Å²) in [6.45, 7) is 5.76. The molecule has 0 bridgehead atoms. The molecule has 0 spiro atoms. The van der Waals surface area contributed by atoms with Crippen molar-refractivity contribution >= 4 is 11.4 Å². The second-order valence-corrected chi connectivity index (χ2v) is 7.89. The van der Waals surface area contributed by atoms with Crippen molar-refractivity contribution in [1.82, 2.24) is 4.72 Å². The summed E-state index contributed by atoms with van der Waals surface area (Å²) in [4.78, 5) is 0. The molecule has 21 heavy (non-hydrogen) atoms. The molecule has 0 aliphatic heterocycles. The monoisotopic (exact) mass is 305 g/mol. The molecule has 0 aromatic heterocycles. The average molecular weight is 305 g/mol. The van der Waals surface area contributed by atoms with Crippen LogP contribution in [0.4, 0.5) is 4.39 Å². The van der Waals surface area contributed by atoms with Gasteiger partial charge in [-0.05, 0) is 44.0 Å². The van der Waals surface area contributed by atoms with Crippen molar-refractivity contribution in [2.45, 2.75) is 31.6 Å². The summed E-state index contributed by atoms with van der Waals surface area (Å²) in [6, 6.07) is 15.8. The van der Waals surface area contributed by atoms with Gasteiger partial charge in [-0.1, -0.05) is 42.5 Å². The van der Waals surface area contributed by atoms with E-state index in [1.807, 2.05) is 51.1 Å². The highest BCUT2D eigenvalue weighted by Crippen LogP contribution is 2.26. The number of benzene rings is 2. The summed E-state index contributed by atoms with van der Waals surface area (Å²) < 4.78 is 28.3. The van der Waals surface area contributed by atoms with Gasteiger partial charge in [-0.25, -0.2) is 4.39 Å². The first-order valence-corrected chi connectivity index (χ1v) is 8.01. The lowest BCUT2D eigenvalue weighted by Crippen LogP contribution is -2.41. The molecule has 0 heterocycles. The lowest BCUT2D eigenvalue weighted by Gasteiger charge is -2.28. The Morgan fingerprint density at radius 3 is 2.00 bits per heavy atom. The van der Waals surface area contributed by atoms with Crippen LogP contribution in [0.1, 0.15) is 37.9 Å². The summed E-state index contributed by atoms with van der Waals surface area (Å²) in [6.07, 6.45) is 0. The standard InChI is InChI=1S/C17H20FNOS/c1-17(2,3)21(20)19-16(13-7-5-4-6-8-13)14-9-11-15(18)12-10-14/h4-12,16,19H,1-3H3/t16-,21?/m1/s1. The van der Waals surface area contributed by atoms with Crippen molar-refractivity contribution in [1.29, 1.82) is 0 Å². The van der Waals surface area contributed by atoms with Gasteiger partial charge in [-0.3, -0.25) is 0 Å². The SMILES string of the molecule is CC(C)(C)[S+]([O-])N[C@H](c1ccccc1)c1ccc(F)cc1. The summed E-state index contributed by atoms with van der Waals surface area (Å²) in [5, 5.41) is 0. The van der Waals surface area contributed by atoms with E-state index in [4.69, 9.17) is 0 Å². The fourth-order valence-electron chi connectivity index (χ4n) is 1.91. The maximum atomic E-state index is 13.1. The predicted molar refractivity (Wildman–Crippen MR) is 85.7 cm³/mol. The van der Waals surface area contributed by atoms with Gasteiger partial charge in [0.2, 0.25) is 0 Å². The van der Waals surface area contributed by atoms with Crippen molar-refractivity contribution in [2.75, 3.05) is 0 Å². The number of nitrogens with one attached hydrogen (secondary N) is 1. The molecular weight excluding hydrogens is 285 g/mol. The smallest absolute Gasteiger partial charge is 0.136 e. The summed E-state index contributed by atoms with van der Waals surface area (Å²) in [5.74, 6) is -0.275. The Bertz CT molecular complexity index is 566. The molecule has 0 aliphatic carbocycles. The van der Waals surface area contributed by atoms with Crippen LogP contribution in [-0.4, -0.2) is 9.30 Å². The van der Waals surface area contributed by atoms with Crippen LogP contribution in [-0.2, 0) is 11.4 Å². The van der Waals surface area contributed by atoms with Crippen LogP contribution in [0.3, 0.4) is 0 Å². The van der Waals surface area contributed by atoms with Crippen molar-refractivity contribution in [3.05, 3.63) is 71.5 Å². The Kier molecular flexibility index (Phi) is 5.04. The molecule has 0 amide bonds. The molecule has 0 fully saturated rings. The minimum atomic E-state index is -1.22. The Labute approximate surface area is 128 Å². The number of halogens is 1. The molecule has 0 saturated carbocycles. The maximum Gasteiger partial charge on any atom is 0.136 e. The van der Waals surface area contributed by atoms with Gasteiger partial charge in [-0.2, -0.15) is 0 Å². The molecular formula is C17H20FNOS. The van der Waals surface area contributed by atoms with Crippen LogP contribution in [0.2, 0.25) is 0 Å². The highest BCUT2D eigenvalue weighted by Gasteiger charge is 2.30. The minimum absolute atomic E-state index is 0.230. The molecule has 1 N–H and O–H groups in total. The fourth-order valence-corrected chi connectivity index (χ4v) is 2.75. The zero-order valence-corrected chi connectivity index (χ0v) is 13.3. The van der Waals surface area contributed by atoms with Gasteiger partial charge in [0.25, 0.3) is 0 Å². The Hall–Kier alpha value is -1.36. The van der Waals surface area contributed by atoms with Gasteiger partial charge >= 0.3 is 0 Å². The summed E-state index contributed by atoms with van der Waals surface area (Å²) in [5.41, 5.74) is 1.89. The molecule has 4 heteroatoms. The van der Waals surface area contributed by atoms with Crippen LogP contribution in [0.5, 0.6) is 0 Å². The van der Waals surface area contributed by atoms with Gasteiger partial charge in [0.05, 0.1) is 0 Å². The molecule has 2 rings (SSSR count). The van der Waals surface area contributed by atoms with E-state index in [1.165, 1.54) is 12.1 Å². The van der Waals surface area contributed by atoms with E-state index in [0.717, 1.165) is 11.1 Å².